The summed E-state index contributed by atoms with van der Waals surface area (Å²) in [5.74, 6) is -0.798. The van der Waals surface area contributed by atoms with Gasteiger partial charge in [0.25, 0.3) is 0 Å². The largest absolute Gasteiger partial charge is 0.481 e. The molecule has 0 aliphatic rings. The summed E-state index contributed by atoms with van der Waals surface area (Å²) in [5.41, 5.74) is 0. The Morgan fingerprint density at radius 3 is 1.78 bits per heavy atom. The van der Waals surface area contributed by atoms with Crippen molar-refractivity contribution < 1.29 is 19.4 Å². The van der Waals surface area contributed by atoms with Gasteiger partial charge in [0.05, 0.1) is 0 Å². The van der Waals surface area contributed by atoms with Crippen LogP contribution >= 0.6 is 0 Å². The molecule has 0 amide bonds. The Bertz CT molecular complexity index is 458. The fraction of sp³-hybridized carbons (Fsp3) is 0.857. The van der Waals surface area contributed by atoms with Crippen molar-refractivity contribution in [1.29, 1.82) is 0 Å². The van der Waals surface area contributed by atoms with E-state index in [1.807, 2.05) is 0 Å². The van der Waals surface area contributed by atoms with Gasteiger partial charge in [-0.3, -0.25) is 9.59 Å². The van der Waals surface area contributed by atoms with Crippen LogP contribution in [-0.2, 0) is 14.3 Å². The van der Waals surface area contributed by atoms with E-state index in [1.165, 1.54) is 70.6 Å². The number of esters is 1. The first-order valence-corrected chi connectivity index (χ1v) is 13.7. The number of rotatable bonds is 24. The van der Waals surface area contributed by atoms with E-state index in [-0.39, 0.29) is 18.5 Å². The van der Waals surface area contributed by atoms with Crippen molar-refractivity contribution in [3.63, 3.8) is 0 Å². The van der Waals surface area contributed by atoms with Crippen LogP contribution in [0.5, 0.6) is 0 Å². The zero-order valence-corrected chi connectivity index (χ0v) is 21.3. The van der Waals surface area contributed by atoms with Gasteiger partial charge in [-0.1, -0.05) is 90.2 Å². The summed E-state index contributed by atoms with van der Waals surface area (Å²) in [4.78, 5) is 22.7. The van der Waals surface area contributed by atoms with Crippen LogP contribution in [0.1, 0.15) is 149 Å². The van der Waals surface area contributed by atoms with E-state index in [4.69, 9.17) is 9.84 Å². The molecule has 0 saturated carbocycles. The van der Waals surface area contributed by atoms with Crippen molar-refractivity contribution in [3.05, 3.63) is 12.2 Å². The lowest BCUT2D eigenvalue weighted by atomic mass is 10.1. The quantitative estimate of drug-likeness (QED) is 0.0902. The molecule has 1 atom stereocenters. The maximum Gasteiger partial charge on any atom is 0.306 e. The highest BCUT2D eigenvalue weighted by atomic mass is 16.5. The first-order chi connectivity index (χ1) is 15.6. The van der Waals surface area contributed by atoms with Gasteiger partial charge in [-0.05, 0) is 57.8 Å². The van der Waals surface area contributed by atoms with Gasteiger partial charge < -0.3 is 9.84 Å². The molecule has 0 aromatic carbocycles. The number of carboxylic acid groups (broad SMARTS) is 1. The summed E-state index contributed by atoms with van der Waals surface area (Å²) < 4.78 is 5.67. The highest BCUT2D eigenvalue weighted by Gasteiger charge is 2.13. The lowest BCUT2D eigenvalue weighted by Gasteiger charge is -2.17. The Labute approximate surface area is 198 Å². The molecule has 0 heterocycles. The third-order valence-electron chi connectivity index (χ3n) is 5.97. The lowest BCUT2D eigenvalue weighted by molar-refractivity contribution is -0.150. The SMILES string of the molecule is CCCCCCCC/C=C\CCCCCCCC(=O)OC(CCC)CCCCCC(=O)O. The van der Waals surface area contributed by atoms with Gasteiger partial charge in [0, 0.05) is 12.8 Å². The Hall–Kier alpha value is -1.32. The van der Waals surface area contributed by atoms with E-state index in [0.717, 1.165) is 44.9 Å². The molecule has 4 heteroatoms. The summed E-state index contributed by atoms with van der Waals surface area (Å²) in [7, 11) is 0. The Balaban J connectivity index is 3.57. The Kier molecular flexibility index (Phi) is 23.3. The van der Waals surface area contributed by atoms with Crippen molar-refractivity contribution in [2.24, 2.45) is 0 Å². The molecule has 0 aliphatic carbocycles. The highest BCUT2D eigenvalue weighted by molar-refractivity contribution is 5.69. The second-order valence-corrected chi connectivity index (χ2v) is 9.23. The average Bonchev–Trinajstić information content (AvgIpc) is 2.76. The number of carbonyl (C=O) groups excluding carboxylic acids is 1. The fourth-order valence-corrected chi connectivity index (χ4v) is 3.99. The second-order valence-electron chi connectivity index (χ2n) is 9.23. The molecule has 1 N–H and O–H groups in total. The number of ether oxygens (including phenoxy) is 1. The molecule has 0 aromatic heterocycles. The van der Waals surface area contributed by atoms with E-state index in [0.29, 0.717) is 12.8 Å². The van der Waals surface area contributed by atoms with Crippen LogP contribution in [0.3, 0.4) is 0 Å². The normalized spacial score (nSPS) is 12.3. The van der Waals surface area contributed by atoms with Crippen molar-refractivity contribution in [2.75, 3.05) is 0 Å². The molecule has 0 aliphatic heterocycles. The highest BCUT2D eigenvalue weighted by Crippen LogP contribution is 2.15. The number of hydrogen-bond donors (Lipinski definition) is 1. The molecular formula is C28H52O4. The van der Waals surface area contributed by atoms with E-state index >= 15 is 0 Å². The van der Waals surface area contributed by atoms with Crippen LogP contribution in [-0.4, -0.2) is 23.1 Å². The monoisotopic (exact) mass is 452 g/mol. The van der Waals surface area contributed by atoms with Gasteiger partial charge in [0.1, 0.15) is 6.10 Å². The van der Waals surface area contributed by atoms with Gasteiger partial charge in [-0.25, -0.2) is 0 Å². The lowest BCUT2D eigenvalue weighted by Crippen LogP contribution is -2.18. The van der Waals surface area contributed by atoms with E-state index in [9.17, 15) is 9.59 Å². The molecule has 0 fully saturated rings. The summed E-state index contributed by atoms with van der Waals surface area (Å²) >= 11 is 0. The molecule has 0 rings (SSSR count). The zero-order chi connectivity index (χ0) is 23.7. The minimum absolute atomic E-state index is 0.000422. The van der Waals surface area contributed by atoms with Gasteiger partial charge in [-0.15, -0.1) is 0 Å². The van der Waals surface area contributed by atoms with Crippen molar-refractivity contribution in [3.8, 4) is 0 Å². The first-order valence-electron chi connectivity index (χ1n) is 13.7. The fourth-order valence-electron chi connectivity index (χ4n) is 3.99. The van der Waals surface area contributed by atoms with Crippen LogP contribution in [0, 0.1) is 0 Å². The standard InChI is InChI=1S/C28H52O4/c1-3-5-6-7-8-9-10-11-12-13-14-15-16-17-21-25-28(31)32-26(22-4-2)23-19-18-20-24-27(29)30/h11-12,26H,3-10,13-25H2,1-2H3,(H,29,30)/b12-11-. The maximum atomic E-state index is 12.1. The minimum atomic E-state index is -0.735. The minimum Gasteiger partial charge on any atom is -0.481 e. The second kappa shape index (κ2) is 24.3. The number of carbonyl (C=O) groups is 2. The Morgan fingerprint density at radius 2 is 1.19 bits per heavy atom. The summed E-state index contributed by atoms with van der Waals surface area (Å²) in [6.07, 6.45) is 27.1. The number of hydrogen-bond acceptors (Lipinski definition) is 3. The summed E-state index contributed by atoms with van der Waals surface area (Å²) in [6, 6.07) is 0. The topological polar surface area (TPSA) is 63.6 Å². The molecule has 4 nitrogen and oxygen atoms in total. The van der Waals surface area contributed by atoms with Crippen LogP contribution in [0.4, 0.5) is 0 Å². The predicted octanol–water partition coefficient (Wildman–Crippen LogP) is 8.77. The van der Waals surface area contributed by atoms with Crippen LogP contribution in [0.25, 0.3) is 0 Å². The van der Waals surface area contributed by atoms with Gasteiger partial charge in [0.2, 0.25) is 0 Å². The van der Waals surface area contributed by atoms with Gasteiger partial charge in [-0.2, -0.15) is 0 Å². The first kappa shape index (κ1) is 30.7. The molecule has 0 saturated heterocycles. The van der Waals surface area contributed by atoms with Crippen molar-refractivity contribution in [2.45, 2.75) is 155 Å². The van der Waals surface area contributed by atoms with E-state index < -0.39 is 5.97 Å². The van der Waals surface area contributed by atoms with Gasteiger partial charge in [0.15, 0.2) is 0 Å². The molecule has 188 valence electrons. The molecule has 0 aromatic rings. The molecule has 0 spiro atoms. The average molecular weight is 453 g/mol. The number of unbranched alkanes of at least 4 members (excludes halogenated alkanes) is 13. The third kappa shape index (κ3) is 23.3. The predicted molar refractivity (Wildman–Crippen MR) is 135 cm³/mol. The van der Waals surface area contributed by atoms with Crippen LogP contribution < -0.4 is 0 Å². The molecule has 32 heavy (non-hydrogen) atoms. The van der Waals surface area contributed by atoms with E-state index in [2.05, 4.69) is 26.0 Å². The van der Waals surface area contributed by atoms with Crippen molar-refractivity contribution in [1.82, 2.24) is 0 Å². The van der Waals surface area contributed by atoms with Crippen LogP contribution in [0.15, 0.2) is 12.2 Å². The van der Waals surface area contributed by atoms with Crippen molar-refractivity contribution >= 4 is 11.9 Å². The third-order valence-corrected chi connectivity index (χ3v) is 5.97. The Morgan fingerprint density at radius 1 is 0.656 bits per heavy atom. The maximum absolute atomic E-state index is 12.1. The molecule has 1 unspecified atom stereocenters. The number of aliphatic carboxylic acids is 1. The zero-order valence-electron chi connectivity index (χ0n) is 21.3. The summed E-state index contributed by atoms with van der Waals surface area (Å²) in [6.45, 7) is 4.37. The number of carboxylic acids is 1. The smallest absolute Gasteiger partial charge is 0.306 e. The molecule has 0 radical (unpaired) electrons. The summed E-state index contributed by atoms with van der Waals surface area (Å²) in [5, 5.41) is 8.68. The van der Waals surface area contributed by atoms with Crippen LogP contribution in [0.2, 0.25) is 0 Å². The molecular weight excluding hydrogens is 400 g/mol. The number of allylic oxidation sites excluding steroid dienone is 2. The van der Waals surface area contributed by atoms with E-state index in [1.54, 1.807) is 0 Å². The molecule has 0 bridgehead atoms. The van der Waals surface area contributed by atoms with Gasteiger partial charge >= 0.3 is 11.9 Å².